The molecule has 4 aliphatic heterocycles. The molecule has 14 heteroatoms. The third kappa shape index (κ3) is 5.77. The first kappa shape index (κ1) is 35.4. The lowest BCUT2D eigenvalue weighted by Gasteiger charge is -2.59. The number of alkyl halides is 3. The number of esters is 1. The van der Waals surface area contributed by atoms with E-state index in [1.165, 1.54) is 25.3 Å². The zero-order valence-electron chi connectivity index (χ0n) is 29.2. The van der Waals surface area contributed by atoms with Crippen LogP contribution in [0.3, 0.4) is 0 Å². The van der Waals surface area contributed by atoms with Crippen molar-refractivity contribution >= 4 is 12.0 Å². The highest BCUT2D eigenvalue weighted by atomic mass is 19.4. The lowest BCUT2D eigenvalue weighted by molar-refractivity contribution is -0.143. The van der Waals surface area contributed by atoms with E-state index in [4.69, 9.17) is 28.4 Å². The highest BCUT2D eigenvalue weighted by Gasteiger charge is 2.57. The van der Waals surface area contributed by atoms with Crippen molar-refractivity contribution in [3.05, 3.63) is 80.9 Å². The summed E-state index contributed by atoms with van der Waals surface area (Å²) in [7, 11) is 5.08. The quantitative estimate of drug-likeness (QED) is 0.173. The van der Waals surface area contributed by atoms with Gasteiger partial charge in [-0.25, -0.2) is 4.79 Å². The van der Waals surface area contributed by atoms with Crippen molar-refractivity contribution in [2.45, 2.75) is 63.1 Å². The number of aryl methyl sites for hydroxylation is 1. The Balaban J connectivity index is 1.32. The van der Waals surface area contributed by atoms with Gasteiger partial charge in [0.05, 0.1) is 30.8 Å². The third-order valence-electron chi connectivity index (χ3n) is 10.6. The number of carbonyl (C=O) groups excluding carboxylic acids is 1. The average molecular weight is 722 g/mol. The Bertz CT molecular complexity index is 1990. The number of phenols is 1. The lowest BCUT2D eigenvalue weighted by Crippen LogP contribution is -2.68. The highest BCUT2D eigenvalue weighted by molar-refractivity contribution is 5.87. The molecule has 2 bridgehead atoms. The number of fused-ring (bicyclic) bond motifs is 9. The number of halogens is 3. The number of benzene rings is 3. The molecule has 3 aromatic rings. The Morgan fingerprint density at radius 2 is 1.87 bits per heavy atom. The van der Waals surface area contributed by atoms with Gasteiger partial charge in [-0.05, 0) is 68.6 Å². The standard InChI is InChI=1S/C38H38F3N3O8/c1-19-11-22-13-25-27(15-42)44-26(32(43(25)3)30(22)36(34(19)48-5)50-17-47-4)14-24-31(37-35(51-18-52-37)20(2)33(24)46)28(44)16-49-29(45)10-9-21-7-6-8-23(12-21)38(39,40)41/h6-12,25-28,32,46H,13-14,16-18H2,1-5H3/b10-9+/t25-,26?,27-,28-,32-/m0/s1. The molecule has 3 aromatic carbocycles. The van der Waals surface area contributed by atoms with Crippen molar-refractivity contribution < 1.29 is 51.5 Å². The first-order chi connectivity index (χ1) is 24.9. The zero-order valence-corrected chi connectivity index (χ0v) is 29.2. The third-order valence-corrected chi connectivity index (χ3v) is 10.6. The van der Waals surface area contributed by atoms with Gasteiger partial charge in [0, 0.05) is 47.5 Å². The summed E-state index contributed by atoms with van der Waals surface area (Å²) in [6.45, 7) is 3.31. The van der Waals surface area contributed by atoms with Crippen LogP contribution < -0.4 is 18.9 Å². The molecular weight excluding hydrogens is 683 g/mol. The molecule has 7 rings (SSSR count). The zero-order chi connectivity index (χ0) is 37.1. The molecule has 4 heterocycles. The summed E-state index contributed by atoms with van der Waals surface area (Å²) in [6.07, 6.45) is -1.40. The fraction of sp³-hybridized carbons (Fsp3) is 0.421. The van der Waals surface area contributed by atoms with Crippen LogP contribution >= 0.6 is 0 Å². The largest absolute Gasteiger partial charge is 0.507 e. The number of piperazine rings is 1. The van der Waals surface area contributed by atoms with Gasteiger partial charge in [-0.1, -0.05) is 18.2 Å². The predicted octanol–water partition coefficient (Wildman–Crippen LogP) is 5.78. The number of methoxy groups -OCH3 is 2. The van der Waals surface area contributed by atoms with Gasteiger partial charge in [0.25, 0.3) is 0 Å². The van der Waals surface area contributed by atoms with E-state index in [1.54, 1.807) is 14.0 Å². The molecule has 1 unspecified atom stereocenters. The second-order valence-electron chi connectivity index (χ2n) is 13.4. The SMILES string of the molecule is COCOc1c(OC)c(C)cc2c1[C@@H]1C3Cc4c(O)c(C)c5c(c4[C@H](COC(=O)/C=C/c4cccc(C(F)(F)F)c4)N3[C@@H](C#N)[C@H](C2)N1C)OCO5. The molecule has 1 saturated heterocycles. The van der Waals surface area contributed by atoms with Gasteiger partial charge in [-0.3, -0.25) is 9.80 Å². The van der Waals surface area contributed by atoms with Crippen molar-refractivity contribution in [1.29, 1.82) is 5.26 Å². The van der Waals surface area contributed by atoms with E-state index in [1.807, 2.05) is 18.9 Å². The summed E-state index contributed by atoms with van der Waals surface area (Å²) in [6, 6.07) is 6.66. The Kier molecular flexibility index (Phi) is 9.23. The van der Waals surface area contributed by atoms with E-state index in [0.717, 1.165) is 34.9 Å². The monoisotopic (exact) mass is 721 g/mol. The summed E-state index contributed by atoms with van der Waals surface area (Å²) in [5, 5.41) is 22.5. The van der Waals surface area contributed by atoms with E-state index >= 15 is 0 Å². The van der Waals surface area contributed by atoms with Crippen LogP contribution in [0.4, 0.5) is 13.2 Å². The minimum Gasteiger partial charge on any atom is -0.507 e. The van der Waals surface area contributed by atoms with Crippen LogP contribution in [-0.2, 0) is 33.3 Å². The minimum absolute atomic E-state index is 0.0197. The molecule has 0 amide bonds. The molecule has 4 aliphatic rings. The maximum Gasteiger partial charge on any atom is 0.416 e. The Labute approximate surface area is 298 Å². The van der Waals surface area contributed by atoms with Crippen LogP contribution in [0.25, 0.3) is 6.08 Å². The summed E-state index contributed by atoms with van der Waals surface area (Å²) in [4.78, 5) is 17.4. The molecule has 0 saturated carbocycles. The fourth-order valence-corrected chi connectivity index (χ4v) is 8.43. The van der Waals surface area contributed by atoms with Crippen molar-refractivity contribution in [3.63, 3.8) is 0 Å². The van der Waals surface area contributed by atoms with E-state index < -0.39 is 35.8 Å². The topological polar surface area (TPSA) is 123 Å². The van der Waals surface area contributed by atoms with Crippen molar-refractivity contribution in [2.75, 3.05) is 41.5 Å². The highest BCUT2D eigenvalue weighted by Crippen LogP contribution is 2.58. The number of hydrogen-bond acceptors (Lipinski definition) is 11. The molecule has 0 aromatic heterocycles. The Morgan fingerprint density at radius 1 is 1.10 bits per heavy atom. The van der Waals surface area contributed by atoms with Crippen LogP contribution in [-0.4, -0.2) is 80.5 Å². The van der Waals surface area contributed by atoms with E-state index in [2.05, 4.69) is 17.0 Å². The van der Waals surface area contributed by atoms with Gasteiger partial charge in [0.15, 0.2) is 29.8 Å². The maximum atomic E-state index is 13.3. The van der Waals surface area contributed by atoms with E-state index in [9.17, 15) is 28.3 Å². The van der Waals surface area contributed by atoms with E-state index in [-0.39, 0.29) is 43.6 Å². The van der Waals surface area contributed by atoms with Gasteiger partial charge in [0.1, 0.15) is 18.4 Å². The minimum atomic E-state index is -4.54. The smallest absolute Gasteiger partial charge is 0.416 e. The van der Waals surface area contributed by atoms with Crippen LogP contribution in [0, 0.1) is 25.2 Å². The normalized spacial score (nSPS) is 23.4. The summed E-state index contributed by atoms with van der Waals surface area (Å²) in [5.41, 5.74) is 3.74. The number of nitrogens with zero attached hydrogens (tertiary/aromatic N) is 3. The molecule has 1 N–H and O–H groups in total. The van der Waals surface area contributed by atoms with Crippen molar-refractivity contribution in [2.24, 2.45) is 0 Å². The Hall–Kier alpha value is -4.97. The Morgan fingerprint density at radius 3 is 2.58 bits per heavy atom. The average Bonchev–Trinajstić information content (AvgIpc) is 3.61. The van der Waals surface area contributed by atoms with Crippen LogP contribution in [0.2, 0.25) is 0 Å². The second-order valence-corrected chi connectivity index (χ2v) is 13.4. The first-order valence-electron chi connectivity index (χ1n) is 16.8. The lowest BCUT2D eigenvalue weighted by atomic mass is 9.71. The van der Waals surface area contributed by atoms with Gasteiger partial charge in [-0.15, -0.1) is 0 Å². The first-order valence-corrected chi connectivity index (χ1v) is 16.8. The molecule has 1 fully saturated rings. The molecule has 274 valence electrons. The molecule has 0 aliphatic carbocycles. The van der Waals surface area contributed by atoms with Crippen LogP contribution in [0.15, 0.2) is 36.4 Å². The van der Waals surface area contributed by atoms with Gasteiger partial charge in [-0.2, -0.15) is 18.4 Å². The molecule has 0 radical (unpaired) electrons. The second kappa shape index (κ2) is 13.5. The predicted molar refractivity (Wildman–Crippen MR) is 180 cm³/mol. The number of hydrogen-bond donors (Lipinski definition) is 1. The summed E-state index contributed by atoms with van der Waals surface area (Å²) in [5.74, 6) is 1.10. The van der Waals surface area contributed by atoms with Crippen molar-refractivity contribution in [1.82, 2.24) is 9.80 Å². The van der Waals surface area contributed by atoms with Crippen LogP contribution in [0.5, 0.6) is 28.7 Å². The number of phenolic OH excluding ortho intramolecular Hbond substituents is 1. The molecule has 52 heavy (non-hydrogen) atoms. The number of rotatable bonds is 8. The van der Waals surface area contributed by atoms with Gasteiger partial charge >= 0.3 is 12.1 Å². The summed E-state index contributed by atoms with van der Waals surface area (Å²) < 4.78 is 74.8. The number of nitriles is 1. The number of carbonyl (C=O) groups is 1. The van der Waals surface area contributed by atoms with Gasteiger partial charge in [0.2, 0.25) is 6.79 Å². The number of ether oxygens (including phenoxy) is 6. The van der Waals surface area contributed by atoms with Crippen LogP contribution in [0.1, 0.15) is 56.6 Å². The molecule has 5 atom stereocenters. The number of likely N-dealkylation sites (N-methyl/N-ethyl adjacent to an activating group) is 1. The molecular formula is C38H38F3N3O8. The van der Waals surface area contributed by atoms with E-state index in [0.29, 0.717) is 52.5 Å². The molecule has 0 spiro atoms. The maximum absolute atomic E-state index is 13.3. The summed E-state index contributed by atoms with van der Waals surface area (Å²) >= 11 is 0. The van der Waals surface area contributed by atoms with Gasteiger partial charge < -0.3 is 33.5 Å². The number of aromatic hydroxyl groups is 1. The molecule has 11 nitrogen and oxygen atoms in total. The fourth-order valence-electron chi connectivity index (χ4n) is 8.43. The van der Waals surface area contributed by atoms with Crippen molar-refractivity contribution in [3.8, 4) is 34.8 Å².